The Bertz CT molecular complexity index is 1380. The SMILES string of the molecule is COC1[C@H](c2c3c(c(OC(C)=O)c4c2OC(c2ccc(OC(C)=O)cc2)CC4=O)C=CC(C)(C)O3)OC1(C)C. The zero-order valence-corrected chi connectivity index (χ0v) is 23.1. The molecule has 5 rings (SSSR count). The molecule has 3 aliphatic heterocycles. The van der Waals surface area contributed by atoms with Gasteiger partial charge in [0.05, 0.1) is 23.1 Å². The monoisotopic (exact) mass is 536 g/mol. The van der Waals surface area contributed by atoms with Crippen LogP contribution in [0.5, 0.6) is 23.0 Å². The summed E-state index contributed by atoms with van der Waals surface area (Å²) in [5.74, 6) is -0.113. The van der Waals surface area contributed by atoms with Gasteiger partial charge in [-0.25, -0.2) is 0 Å². The summed E-state index contributed by atoms with van der Waals surface area (Å²) in [6, 6.07) is 6.78. The van der Waals surface area contributed by atoms with Gasteiger partial charge in [-0.3, -0.25) is 14.4 Å². The predicted molar refractivity (Wildman–Crippen MR) is 140 cm³/mol. The number of rotatable bonds is 5. The Morgan fingerprint density at radius 3 is 2.23 bits per heavy atom. The fraction of sp³-hybridized carbons (Fsp3) is 0.433. The van der Waals surface area contributed by atoms with E-state index >= 15 is 0 Å². The molecule has 39 heavy (non-hydrogen) atoms. The maximum Gasteiger partial charge on any atom is 0.308 e. The van der Waals surface area contributed by atoms with E-state index < -0.39 is 35.3 Å². The molecule has 9 heteroatoms. The van der Waals surface area contributed by atoms with Crippen molar-refractivity contribution in [2.45, 2.75) is 77.5 Å². The minimum absolute atomic E-state index is 0.00713. The van der Waals surface area contributed by atoms with E-state index in [0.717, 1.165) is 0 Å². The van der Waals surface area contributed by atoms with E-state index in [4.69, 9.17) is 28.4 Å². The Hall–Kier alpha value is -3.69. The highest BCUT2D eigenvalue weighted by molar-refractivity contribution is 6.06. The third-order valence-electron chi connectivity index (χ3n) is 7.05. The Morgan fingerprint density at radius 2 is 1.64 bits per heavy atom. The highest BCUT2D eigenvalue weighted by Crippen LogP contribution is 2.58. The third kappa shape index (κ3) is 4.81. The number of esters is 2. The summed E-state index contributed by atoms with van der Waals surface area (Å²) < 4.78 is 35.9. The van der Waals surface area contributed by atoms with Crippen LogP contribution in [0.2, 0.25) is 0 Å². The number of ether oxygens (including phenoxy) is 6. The highest BCUT2D eigenvalue weighted by Gasteiger charge is 2.54. The molecule has 0 aromatic heterocycles. The van der Waals surface area contributed by atoms with E-state index in [-0.39, 0.29) is 35.4 Å². The first-order chi connectivity index (χ1) is 18.3. The molecule has 0 saturated carbocycles. The highest BCUT2D eigenvalue weighted by atomic mass is 16.6. The molecule has 0 radical (unpaired) electrons. The number of methoxy groups -OCH3 is 1. The Kier molecular flexibility index (Phi) is 6.55. The van der Waals surface area contributed by atoms with Gasteiger partial charge in [0, 0.05) is 21.0 Å². The number of fused-ring (bicyclic) bond motifs is 2. The van der Waals surface area contributed by atoms with Crippen molar-refractivity contribution in [3.63, 3.8) is 0 Å². The molecule has 0 N–H and O–H groups in total. The second-order valence-corrected chi connectivity index (χ2v) is 11.0. The first-order valence-corrected chi connectivity index (χ1v) is 12.8. The Morgan fingerprint density at radius 1 is 0.974 bits per heavy atom. The molecule has 206 valence electrons. The summed E-state index contributed by atoms with van der Waals surface area (Å²) >= 11 is 0. The van der Waals surface area contributed by atoms with Gasteiger partial charge in [-0.1, -0.05) is 12.1 Å². The maximum absolute atomic E-state index is 13.8. The lowest BCUT2D eigenvalue weighted by Crippen LogP contribution is -2.56. The molecular weight excluding hydrogens is 504 g/mol. The van der Waals surface area contributed by atoms with Crippen LogP contribution in [0.15, 0.2) is 30.3 Å². The van der Waals surface area contributed by atoms with Crippen molar-refractivity contribution in [2.75, 3.05) is 7.11 Å². The topological polar surface area (TPSA) is 107 Å². The lowest BCUT2D eigenvalue weighted by molar-refractivity contribution is -0.286. The first kappa shape index (κ1) is 26.9. The van der Waals surface area contributed by atoms with Crippen molar-refractivity contribution in [3.05, 3.63) is 52.6 Å². The van der Waals surface area contributed by atoms with Gasteiger partial charge in [0.1, 0.15) is 46.7 Å². The molecule has 3 heterocycles. The average Bonchev–Trinajstić information content (AvgIpc) is 2.82. The van der Waals surface area contributed by atoms with Gasteiger partial charge in [-0.2, -0.15) is 0 Å². The number of hydrogen-bond donors (Lipinski definition) is 0. The van der Waals surface area contributed by atoms with Gasteiger partial charge in [0.15, 0.2) is 11.5 Å². The predicted octanol–water partition coefficient (Wildman–Crippen LogP) is 5.29. The smallest absolute Gasteiger partial charge is 0.308 e. The van der Waals surface area contributed by atoms with Crippen LogP contribution in [0, 0.1) is 0 Å². The summed E-state index contributed by atoms with van der Waals surface area (Å²) in [6.07, 6.45) is 2.05. The second kappa shape index (κ2) is 9.50. The van der Waals surface area contributed by atoms with Crippen LogP contribution in [0.1, 0.15) is 87.2 Å². The minimum Gasteiger partial charge on any atom is -0.484 e. The molecule has 2 aromatic carbocycles. The van der Waals surface area contributed by atoms with Crippen molar-refractivity contribution in [2.24, 2.45) is 0 Å². The largest absolute Gasteiger partial charge is 0.484 e. The lowest BCUT2D eigenvalue weighted by atomic mass is 9.80. The maximum atomic E-state index is 13.8. The molecule has 1 fully saturated rings. The van der Waals surface area contributed by atoms with Crippen LogP contribution in [0.4, 0.5) is 0 Å². The lowest BCUT2D eigenvalue weighted by Gasteiger charge is -2.51. The van der Waals surface area contributed by atoms with Crippen molar-refractivity contribution in [1.29, 1.82) is 0 Å². The molecule has 2 unspecified atom stereocenters. The van der Waals surface area contributed by atoms with Crippen LogP contribution in [-0.4, -0.2) is 42.1 Å². The van der Waals surface area contributed by atoms with Gasteiger partial charge in [-0.15, -0.1) is 0 Å². The number of carbonyl (C=O) groups is 3. The van der Waals surface area contributed by atoms with Gasteiger partial charge in [0.2, 0.25) is 0 Å². The van der Waals surface area contributed by atoms with E-state index in [1.807, 2.05) is 33.8 Å². The van der Waals surface area contributed by atoms with Crippen molar-refractivity contribution >= 4 is 23.8 Å². The molecule has 9 nitrogen and oxygen atoms in total. The fourth-order valence-corrected chi connectivity index (χ4v) is 5.37. The Labute approximate surface area is 227 Å². The molecule has 1 saturated heterocycles. The number of benzene rings is 2. The number of carbonyl (C=O) groups excluding carboxylic acids is 3. The van der Waals surface area contributed by atoms with E-state index in [1.165, 1.54) is 13.8 Å². The molecule has 0 bridgehead atoms. The summed E-state index contributed by atoms with van der Waals surface area (Å²) in [5, 5.41) is 0. The van der Waals surface area contributed by atoms with E-state index in [9.17, 15) is 14.4 Å². The standard InChI is InChI=1S/C30H32O9/c1-15(31)35-18-10-8-17(9-11-18)21-14-20(33)22-24(36-16(2)32)19-12-13-29(3,4)38-25(19)23(26(22)37-21)27-28(34-7)30(5,6)39-27/h8-13,21,27-28H,14H2,1-7H3/t21?,27-,28?/m0/s1. The number of hydrogen-bond acceptors (Lipinski definition) is 9. The zero-order chi connectivity index (χ0) is 28.3. The van der Waals surface area contributed by atoms with E-state index in [1.54, 1.807) is 37.5 Å². The van der Waals surface area contributed by atoms with E-state index in [0.29, 0.717) is 28.2 Å². The normalized spacial score (nSPS) is 23.9. The second-order valence-electron chi connectivity index (χ2n) is 11.0. The van der Waals surface area contributed by atoms with Crippen LogP contribution < -0.4 is 18.9 Å². The van der Waals surface area contributed by atoms with Gasteiger partial charge < -0.3 is 28.4 Å². The molecule has 0 amide bonds. The number of ketones is 1. The van der Waals surface area contributed by atoms with Gasteiger partial charge in [0.25, 0.3) is 0 Å². The summed E-state index contributed by atoms with van der Waals surface area (Å²) in [7, 11) is 1.61. The molecule has 0 aliphatic carbocycles. The molecule has 0 spiro atoms. The van der Waals surface area contributed by atoms with Crippen molar-refractivity contribution < 1.29 is 42.8 Å². The molecule has 2 aromatic rings. The Balaban J connectivity index is 1.69. The van der Waals surface area contributed by atoms with Crippen molar-refractivity contribution in [3.8, 4) is 23.0 Å². The summed E-state index contributed by atoms with van der Waals surface area (Å²) in [6.45, 7) is 10.3. The van der Waals surface area contributed by atoms with Crippen molar-refractivity contribution in [1.82, 2.24) is 0 Å². The molecule has 3 atom stereocenters. The average molecular weight is 537 g/mol. The third-order valence-corrected chi connectivity index (χ3v) is 7.05. The van der Waals surface area contributed by atoms with Crippen LogP contribution in [0.25, 0.3) is 6.08 Å². The number of Topliss-reactive ketones (excluding diaryl/α,β-unsaturated/α-hetero) is 1. The fourth-order valence-electron chi connectivity index (χ4n) is 5.37. The van der Waals surface area contributed by atoms with Gasteiger partial charge >= 0.3 is 11.9 Å². The molecular formula is C30H32O9. The first-order valence-electron chi connectivity index (χ1n) is 12.8. The molecule has 3 aliphatic rings. The van der Waals surface area contributed by atoms with Crippen LogP contribution in [-0.2, 0) is 19.1 Å². The van der Waals surface area contributed by atoms with Gasteiger partial charge in [-0.05, 0) is 57.5 Å². The quantitative estimate of drug-likeness (QED) is 0.372. The zero-order valence-electron chi connectivity index (χ0n) is 23.1. The summed E-state index contributed by atoms with van der Waals surface area (Å²) in [5.41, 5.74) is 0.621. The minimum atomic E-state index is -0.685. The van der Waals surface area contributed by atoms with Crippen LogP contribution >= 0.6 is 0 Å². The summed E-state index contributed by atoms with van der Waals surface area (Å²) in [4.78, 5) is 37.3. The van der Waals surface area contributed by atoms with E-state index in [2.05, 4.69) is 0 Å². The van der Waals surface area contributed by atoms with Crippen LogP contribution in [0.3, 0.4) is 0 Å².